The zero-order valence-corrected chi connectivity index (χ0v) is 18.9. The summed E-state index contributed by atoms with van der Waals surface area (Å²) < 4.78 is 17.4. The fourth-order valence-electron chi connectivity index (χ4n) is 2.76. The van der Waals surface area contributed by atoms with Crippen molar-refractivity contribution in [2.45, 2.75) is 13.5 Å². The van der Waals surface area contributed by atoms with Crippen LogP contribution in [0.3, 0.4) is 0 Å². The van der Waals surface area contributed by atoms with Crippen LogP contribution in [0, 0.1) is 0 Å². The predicted octanol–water partition coefficient (Wildman–Crippen LogP) is 5.20. The number of amides is 1. The van der Waals surface area contributed by atoms with Crippen molar-refractivity contribution < 1.29 is 19.0 Å². The van der Waals surface area contributed by atoms with E-state index >= 15 is 0 Å². The average molecular weight is 483 g/mol. The first-order valence-electron chi connectivity index (χ1n) is 9.71. The number of hydrazone groups is 1. The van der Waals surface area contributed by atoms with Crippen molar-refractivity contribution >= 4 is 28.1 Å². The normalized spacial score (nSPS) is 10.7. The lowest BCUT2D eigenvalue weighted by molar-refractivity contribution is 0.0954. The van der Waals surface area contributed by atoms with Gasteiger partial charge in [0.05, 0.1) is 24.4 Å². The van der Waals surface area contributed by atoms with E-state index in [1.807, 2.05) is 55.5 Å². The van der Waals surface area contributed by atoms with Crippen molar-refractivity contribution in [2.24, 2.45) is 5.10 Å². The molecule has 0 aliphatic heterocycles. The van der Waals surface area contributed by atoms with E-state index in [-0.39, 0.29) is 5.91 Å². The molecular formula is C24H23BrN2O4. The van der Waals surface area contributed by atoms with Crippen molar-refractivity contribution in [3.05, 3.63) is 87.9 Å². The number of nitrogens with one attached hydrogen (secondary N) is 1. The highest BCUT2D eigenvalue weighted by molar-refractivity contribution is 9.10. The Kier molecular flexibility index (Phi) is 8.06. The molecule has 0 spiro atoms. The molecule has 7 heteroatoms. The number of hydrogen-bond acceptors (Lipinski definition) is 5. The van der Waals surface area contributed by atoms with Gasteiger partial charge in [-0.25, -0.2) is 5.43 Å². The number of methoxy groups -OCH3 is 1. The van der Waals surface area contributed by atoms with Crippen molar-refractivity contribution in [3.8, 4) is 17.2 Å². The van der Waals surface area contributed by atoms with Gasteiger partial charge < -0.3 is 14.2 Å². The molecule has 0 bridgehead atoms. The number of carbonyl (C=O) groups is 1. The van der Waals surface area contributed by atoms with Gasteiger partial charge in [0.15, 0.2) is 11.5 Å². The van der Waals surface area contributed by atoms with E-state index in [4.69, 9.17) is 14.2 Å². The van der Waals surface area contributed by atoms with Gasteiger partial charge in [-0.05, 0) is 70.4 Å². The molecule has 160 valence electrons. The van der Waals surface area contributed by atoms with Gasteiger partial charge in [0.2, 0.25) is 0 Å². The molecule has 0 saturated carbocycles. The summed E-state index contributed by atoms with van der Waals surface area (Å²) >= 11 is 3.51. The van der Waals surface area contributed by atoms with Crippen LogP contribution in [-0.4, -0.2) is 25.8 Å². The standard InChI is InChI=1S/C24H23BrN2O4/c1-3-30-22-12-10-19(14-23(22)29-2)24(28)27-26-15-18-9-11-21(20(25)13-18)31-16-17-7-5-4-6-8-17/h4-15H,3,16H2,1-2H3,(H,27,28)/b26-15+. The first-order valence-corrected chi connectivity index (χ1v) is 10.5. The molecule has 0 aliphatic rings. The molecule has 0 atom stereocenters. The number of halogens is 1. The molecular weight excluding hydrogens is 460 g/mol. The number of rotatable bonds is 9. The van der Waals surface area contributed by atoms with Crippen LogP contribution in [0.2, 0.25) is 0 Å². The number of ether oxygens (including phenoxy) is 3. The molecule has 0 fully saturated rings. The Balaban J connectivity index is 1.59. The maximum absolute atomic E-state index is 12.4. The van der Waals surface area contributed by atoms with E-state index in [0.29, 0.717) is 30.3 Å². The van der Waals surface area contributed by atoms with Crippen molar-refractivity contribution in [1.29, 1.82) is 0 Å². The highest BCUT2D eigenvalue weighted by Gasteiger charge is 2.10. The van der Waals surface area contributed by atoms with Crippen LogP contribution in [-0.2, 0) is 6.61 Å². The summed E-state index contributed by atoms with van der Waals surface area (Å²) in [5, 5.41) is 4.04. The molecule has 3 rings (SSSR count). The Morgan fingerprint density at radius 1 is 1.00 bits per heavy atom. The highest BCUT2D eigenvalue weighted by atomic mass is 79.9. The van der Waals surface area contributed by atoms with E-state index in [0.717, 1.165) is 21.3 Å². The molecule has 0 aromatic heterocycles. The molecule has 0 saturated heterocycles. The van der Waals surface area contributed by atoms with Gasteiger partial charge >= 0.3 is 0 Å². The number of nitrogens with zero attached hydrogens (tertiary/aromatic N) is 1. The zero-order valence-electron chi connectivity index (χ0n) is 17.3. The van der Waals surface area contributed by atoms with Gasteiger partial charge in [-0.3, -0.25) is 4.79 Å². The molecule has 3 aromatic carbocycles. The molecule has 31 heavy (non-hydrogen) atoms. The number of hydrogen-bond donors (Lipinski definition) is 1. The van der Waals surface area contributed by atoms with E-state index < -0.39 is 0 Å². The third kappa shape index (κ3) is 6.33. The third-order valence-corrected chi connectivity index (χ3v) is 4.92. The summed E-state index contributed by atoms with van der Waals surface area (Å²) in [7, 11) is 1.53. The minimum atomic E-state index is -0.348. The second kappa shape index (κ2) is 11.2. The second-order valence-corrected chi connectivity index (χ2v) is 7.32. The van der Waals surface area contributed by atoms with Crippen LogP contribution >= 0.6 is 15.9 Å². The van der Waals surface area contributed by atoms with Crippen LogP contribution in [0.1, 0.15) is 28.4 Å². The molecule has 6 nitrogen and oxygen atoms in total. The maximum atomic E-state index is 12.4. The Morgan fingerprint density at radius 2 is 1.77 bits per heavy atom. The summed E-state index contributed by atoms with van der Waals surface area (Å²) in [6.07, 6.45) is 1.56. The molecule has 1 N–H and O–H groups in total. The van der Waals surface area contributed by atoms with E-state index in [2.05, 4.69) is 26.5 Å². The van der Waals surface area contributed by atoms with Gasteiger partial charge in [-0.1, -0.05) is 30.3 Å². The Hall–Kier alpha value is -3.32. The molecule has 1 amide bonds. The summed E-state index contributed by atoms with van der Waals surface area (Å²) in [5.74, 6) is 1.46. The lowest BCUT2D eigenvalue weighted by Crippen LogP contribution is -2.17. The lowest BCUT2D eigenvalue weighted by atomic mass is 10.2. The van der Waals surface area contributed by atoms with Crippen LogP contribution in [0.25, 0.3) is 0 Å². The van der Waals surface area contributed by atoms with Gasteiger partial charge in [0, 0.05) is 5.56 Å². The fourth-order valence-corrected chi connectivity index (χ4v) is 3.27. The van der Waals surface area contributed by atoms with Crippen LogP contribution in [0.4, 0.5) is 0 Å². The van der Waals surface area contributed by atoms with E-state index in [1.165, 1.54) is 7.11 Å². The van der Waals surface area contributed by atoms with Crippen molar-refractivity contribution in [3.63, 3.8) is 0 Å². The van der Waals surface area contributed by atoms with Crippen molar-refractivity contribution in [2.75, 3.05) is 13.7 Å². The van der Waals surface area contributed by atoms with E-state index in [1.54, 1.807) is 24.4 Å². The Bertz CT molecular complexity index is 1050. The minimum Gasteiger partial charge on any atom is -0.493 e. The molecule has 0 heterocycles. The summed E-state index contributed by atoms with van der Waals surface area (Å²) in [5.41, 5.74) is 4.84. The monoisotopic (exact) mass is 482 g/mol. The van der Waals surface area contributed by atoms with Crippen molar-refractivity contribution in [1.82, 2.24) is 5.43 Å². The maximum Gasteiger partial charge on any atom is 0.271 e. The second-order valence-electron chi connectivity index (χ2n) is 6.46. The minimum absolute atomic E-state index is 0.348. The van der Waals surface area contributed by atoms with Gasteiger partial charge in [-0.15, -0.1) is 0 Å². The molecule has 3 aromatic rings. The van der Waals surface area contributed by atoms with Gasteiger partial charge in [0.1, 0.15) is 12.4 Å². The van der Waals surface area contributed by atoms with E-state index in [9.17, 15) is 4.79 Å². The summed E-state index contributed by atoms with van der Waals surface area (Å²) in [4.78, 5) is 12.4. The first kappa shape index (κ1) is 22.4. The van der Waals surface area contributed by atoms with Gasteiger partial charge in [-0.2, -0.15) is 5.10 Å². The largest absolute Gasteiger partial charge is 0.493 e. The molecule has 0 unspecified atom stereocenters. The van der Waals surface area contributed by atoms with Crippen LogP contribution in [0.5, 0.6) is 17.2 Å². The predicted molar refractivity (Wildman–Crippen MR) is 124 cm³/mol. The average Bonchev–Trinajstić information content (AvgIpc) is 2.79. The smallest absolute Gasteiger partial charge is 0.271 e. The van der Waals surface area contributed by atoms with Crippen LogP contribution in [0.15, 0.2) is 76.3 Å². The Labute approximate surface area is 190 Å². The summed E-state index contributed by atoms with van der Waals surface area (Å²) in [6.45, 7) is 2.88. The quantitative estimate of drug-likeness (QED) is 0.336. The third-order valence-electron chi connectivity index (χ3n) is 4.30. The topological polar surface area (TPSA) is 69.2 Å². The first-order chi connectivity index (χ1) is 15.1. The lowest BCUT2D eigenvalue weighted by Gasteiger charge is -2.10. The molecule has 0 aliphatic carbocycles. The SMILES string of the molecule is CCOc1ccc(C(=O)N/N=C/c2ccc(OCc3ccccc3)c(Br)c2)cc1OC. The van der Waals surface area contributed by atoms with Gasteiger partial charge in [0.25, 0.3) is 5.91 Å². The number of benzene rings is 3. The number of carbonyl (C=O) groups excluding carboxylic acids is 1. The summed E-state index contributed by atoms with van der Waals surface area (Å²) in [6, 6.07) is 20.5. The fraction of sp³-hybridized carbons (Fsp3) is 0.167. The molecule has 0 radical (unpaired) electrons. The van der Waals surface area contributed by atoms with Crippen LogP contribution < -0.4 is 19.6 Å². The highest BCUT2D eigenvalue weighted by Crippen LogP contribution is 2.28. The Morgan fingerprint density at radius 3 is 2.48 bits per heavy atom. The zero-order chi connectivity index (χ0) is 22.1.